The average molecular weight is 196 g/mol. The Balaban J connectivity index is 2.81. The van der Waals surface area contributed by atoms with Crippen LogP contribution in [0.3, 0.4) is 0 Å². The summed E-state index contributed by atoms with van der Waals surface area (Å²) >= 11 is 4.14. The molecule has 1 aromatic carbocycles. The predicted molar refractivity (Wildman–Crippen MR) is 55.1 cm³/mol. The minimum absolute atomic E-state index is 0.214. The Hall–Kier alpha value is -0.960. The van der Waals surface area contributed by atoms with Gasteiger partial charge in [-0.05, 0) is 6.07 Å². The van der Waals surface area contributed by atoms with Gasteiger partial charge in [0.25, 0.3) is 0 Å². The Kier molecular flexibility index (Phi) is 3.83. The zero-order valence-corrected chi connectivity index (χ0v) is 8.38. The molecule has 0 aliphatic rings. The van der Waals surface area contributed by atoms with Gasteiger partial charge >= 0.3 is 5.97 Å². The summed E-state index contributed by atoms with van der Waals surface area (Å²) < 4.78 is 5.10. The van der Waals surface area contributed by atoms with E-state index in [2.05, 4.69) is 12.6 Å². The first kappa shape index (κ1) is 10.1. The van der Waals surface area contributed by atoms with Crippen molar-refractivity contribution in [3.63, 3.8) is 0 Å². The van der Waals surface area contributed by atoms with E-state index in [1.165, 1.54) is 0 Å². The third-order valence-corrected chi connectivity index (χ3v) is 2.00. The van der Waals surface area contributed by atoms with Crippen molar-refractivity contribution >= 4 is 18.6 Å². The lowest BCUT2D eigenvalue weighted by Crippen LogP contribution is -2.06. The number of ether oxygens (including phenoxy) is 1. The number of para-hydroxylation sites is 1. The molecule has 0 saturated heterocycles. The molecular weight excluding hydrogens is 184 g/mol. The zero-order valence-electron chi connectivity index (χ0n) is 7.49. The van der Waals surface area contributed by atoms with E-state index in [0.29, 0.717) is 17.9 Å². The van der Waals surface area contributed by atoms with Gasteiger partial charge in [0, 0.05) is 17.7 Å². The molecule has 70 valence electrons. The average Bonchev–Trinajstić information content (AvgIpc) is 2.18. The van der Waals surface area contributed by atoms with Gasteiger partial charge in [-0.3, -0.25) is 4.79 Å². The molecule has 0 aromatic heterocycles. The van der Waals surface area contributed by atoms with Crippen molar-refractivity contribution in [3.05, 3.63) is 29.8 Å². The summed E-state index contributed by atoms with van der Waals surface area (Å²) in [6, 6.07) is 7.41. The molecule has 0 saturated carbocycles. The summed E-state index contributed by atoms with van der Waals surface area (Å²) in [7, 11) is 0. The van der Waals surface area contributed by atoms with Crippen LogP contribution in [0, 0.1) is 0 Å². The van der Waals surface area contributed by atoms with Gasteiger partial charge in [-0.1, -0.05) is 25.1 Å². The molecule has 0 fully saturated rings. The molecule has 0 N–H and O–H groups in total. The molecule has 0 unspecified atom stereocenters. The van der Waals surface area contributed by atoms with Gasteiger partial charge in [0.15, 0.2) is 0 Å². The number of rotatable bonds is 3. The molecule has 1 rings (SSSR count). The van der Waals surface area contributed by atoms with E-state index < -0.39 is 0 Å². The highest BCUT2D eigenvalue weighted by Gasteiger charge is 2.04. The van der Waals surface area contributed by atoms with E-state index in [9.17, 15) is 4.79 Å². The second kappa shape index (κ2) is 4.92. The normalized spacial score (nSPS) is 9.69. The molecule has 0 atom stereocenters. The quantitative estimate of drug-likeness (QED) is 0.456. The highest BCUT2D eigenvalue weighted by Crippen LogP contribution is 2.19. The van der Waals surface area contributed by atoms with Crippen LogP contribution in [0.15, 0.2) is 24.3 Å². The maximum Gasteiger partial charge on any atom is 0.310 e. The monoisotopic (exact) mass is 196 g/mol. The lowest BCUT2D eigenvalue weighted by atomic mass is 10.2. The lowest BCUT2D eigenvalue weighted by Gasteiger charge is -2.06. The van der Waals surface area contributed by atoms with Crippen molar-refractivity contribution < 1.29 is 9.53 Å². The highest BCUT2D eigenvalue weighted by molar-refractivity contribution is 7.79. The Morgan fingerprint density at radius 1 is 1.46 bits per heavy atom. The van der Waals surface area contributed by atoms with Gasteiger partial charge in [0.2, 0.25) is 0 Å². The molecule has 0 radical (unpaired) electrons. The first-order valence-electron chi connectivity index (χ1n) is 4.17. The molecule has 0 aliphatic carbocycles. The number of hydrogen-bond acceptors (Lipinski definition) is 3. The third-order valence-electron chi connectivity index (χ3n) is 1.66. The van der Waals surface area contributed by atoms with Crippen LogP contribution >= 0.6 is 12.6 Å². The van der Waals surface area contributed by atoms with E-state index in [-0.39, 0.29) is 5.97 Å². The van der Waals surface area contributed by atoms with Crippen LogP contribution < -0.4 is 4.74 Å². The van der Waals surface area contributed by atoms with Crippen LogP contribution in [0.5, 0.6) is 5.75 Å². The van der Waals surface area contributed by atoms with Crippen LogP contribution in [0.25, 0.3) is 0 Å². The zero-order chi connectivity index (χ0) is 9.68. The van der Waals surface area contributed by atoms with E-state index >= 15 is 0 Å². The van der Waals surface area contributed by atoms with Crippen molar-refractivity contribution in [3.8, 4) is 5.75 Å². The number of thiol groups is 1. The van der Waals surface area contributed by atoms with Crippen molar-refractivity contribution in [1.82, 2.24) is 0 Å². The van der Waals surface area contributed by atoms with Crippen LogP contribution in [-0.4, -0.2) is 5.97 Å². The SMILES string of the molecule is CCC(=O)Oc1ccccc1CS. The maximum atomic E-state index is 11.0. The summed E-state index contributed by atoms with van der Waals surface area (Å²) in [5, 5.41) is 0. The Labute approximate surface area is 83.3 Å². The Morgan fingerprint density at radius 3 is 2.77 bits per heavy atom. The fourth-order valence-corrected chi connectivity index (χ4v) is 1.19. The van der Waals surface area contributed by atoms with Crippen LogP contribution in [0.1, 0.15) is 18.9 Å². The number of carbonyl (C=O) groups excluding carboxylic acids is 1. The van der Waals surface area contributed by atoms with E-state index in [1.807, 2.05) is 18.2 Å². The van der Waals surface area contributed by atoms with Crippen molar-refractivity contribution in [2.24, 2.45) is 0 Å². The lowest BCUT2D eigenvalue weighted by molar-refractivity contribution is -0.134. The largest absolute Gasteiger partial charge is 0.426 e. The molecule has 0 aliphatic heterocycles. The summed E-state index contributed by atoms with van der Waals surface area (Å²) in [6.07, 6.45) is 0.390. The van der Waals surface area contributed by atoms with Gasteiger partial charge in [-0.25, -0.2) is 0 Å². The van der Waals surface area contributed by atoms with E-state index in [4.69, 9.17) is 4.74 Å². The van der Waals surface area contributed by atoms with E-state index in [0.717, 1.165) is 5.56 Å². The minimum Gasteiger partial charge on any atom is -0.426 e. The summed E-state index contributed by atoms with van der Waals surface area (Å²) in [5.74, 6) is 0.978. The molecule has 13 heavy (non-hydrogen) atoms. The first-order chi connectivity index (χ1) is 6.27. The standard InChI is InChI=1S/C10H12O2S/c1-2-10(11)12-9-6-4-3-5-8(9)7-13/h3-6,13H,2,7H2,1H3. The van der Waals surface area contributed by atoms with Crippen LogP contribution in [0.2, 0.25) is 0 Å². The molecule has 0 heterocycles. The fraction of sp³-hybridized carbons (Fsp3) is 0.300. The first-order valence-corrected chi connectivity index (χ1v) is 4.80. The number of carbonyl (C=O) groups is 1. The second-order valence-electron chi connectivity index (χ2n) is 2.59. The predicted octanol–water partition coefficient (Wildman–Crippen LogP) is 2.43. The van der Waals surface area contributed by atoms with E-state index in [1.54, 1.807) is 13.0 Å². The summed E-state index contributed by atoms with van der Waals surface area (Å²) in [6.45, 7) is 1.77. The number of benzene rings is 1. The molecular formula is C10H12O2S. The third kappa shape index (κ3) is 2.77. The Bertz CT molecular complexity index is 297. The van der Waals surface area contributed by atoms with Gasteiger partial charge < -0.3 is 4.74 Å². The van der Waals surface area contributed by atoms with Crippen molar-refractivity contribution in [1.29, 1.82) is 0 Å². The van der Waals surface area contributed by atoms with Crippen molar-refractivity contribution in [2.45, 2.75) is 19.1 Å². The van der Waals surface area contributed by atoms with Crippen LogP contribution in [0.4, 0.5) is 0 Å². The summed E-state index contributed by atoms with van der Waals surface area (Å²) in [5.41, 5.74) is 0.938. The van der Waals surface area contributed by atoms with Crippen molar-refractivity contribution in [2.75, 3.05) is 0 Å². The minimum atomic E-state index is -0.214. The van der Waals surface area contributed by atoms with Gasteiger partial charge in [0.05, 0.1) is 0 Å². The molecule has 2 nitrogen and oxygen atoms in total. The molecule has 0 bridgehead atoms. The van der Waals surface area contributed by atoms with Gasteiger partial charge in [0.1, 0.15) is 5.75 Å². The second-order valence-corrected chi connectivity index (χ2v) is 2.91. The Morgan fingerprint density at radius 2 is 2.15 bits per heavy atom. The molecule has 0 spiro atoms. The fourth-order valence-electron chi connectivity index (χ4n) is 0.929. The molecule has 1 aromatic rings. The molecule has 0 amide bonds. The topological polar surface area (TPSA) is 26.3 Å². The van der Waals surface area contributed by atoms with Crippen LogP contribution in [-0.2, 0) is 10.5 Å². The van der Waals surface area contributed by atoms with Gasteiger partial charge in [-0.15, -0.1) is 0 Å². The number of hydrogen-bond donors (Lipinski definition) is 1. The van der Waals surface area contributed by atoms with Gasteiger partial charge in [-0.2, -0.15) is 12.6 Å². The molecule has 3 heteroatoms. The smallest absolute Gasteiger partial charge is 0.310 e. The number of esters is 1. The summed E-state index contributed by atoms with van der Waals surface area (Å²) in [4.78, 5) is 11.0. The maximum absolute atomic E-state index is 11.0. The highest BCUT2D eigenvalue weighted by atomic mass is 32.1.